The highest BCUT2D eigenvalue weighted by atomic mass is 14.2. The first-order valence-electron chi connectivity index (χ1n) is 5.84. The fourth-order valence-corrected chi connectivity index (χ4v) is 2.19. The minimum absolute atomic E-state index is 1.02. The molecule has 0 aliphatic heterocycles. The second-order valence-corrected chi connectivity index (χ2v) is 3.81. The van der Waals surface area contributed by atoms with Gasteiger partial charge in [-0.25, -0.2) is 0 Å². The van der Waals surface area contributed by atoms with Gasteiger partial charge < -0.3 is 0 Å². The van der Waals surface area contributed by atoms with Crippen molar-refractivity contribution in [1.82, 2.24) is 0 Å². The zero-order chi connectivity index (χ0) is 9.40. The van der Waals surface area contributed by atoms with Crippen molar-refractivity contribution in [3.05, 3.63) is 0 Å². The van der Waals surface area contributed by atoms with Crippen molar-refractivity contribution in [2.45, 2.75) is 66.2 Å². The van der Waals surface area contributed by atoms with Crippen molar-refractivity contribution in [2.75, 3.05) is 0 Å². The Bertz CT molecular complexity index is 84.0. The van der Waals surface area contributed by atoms with Gasteiger partial charge in [-0.2, -0.15) is 0 Å². The number of hydrogen-bond acceptors (Lipinski definition) is 0. The second-order valence-electron chi connectivity index (χ2n) is 3.81. The van der Waals surface area contributed by atoms with Gasteiger partial charge in [0.05, 0.1) is 0 Å². The Kier molecular flexibility index (Phi) is 7.64. The topological polar surface area (TPSA) is 0 Å². The molecule has 1 aliphatic rings. The van der Waals surface area contributed by atoms with E-state index in [1.165, 1.54) is 38.5 Å². The molecule has 0 nitrogen and oxygen atoms in total. The molecule has 2 atom stereocenters. The molecule has 0 heterocycles. The van der Waals surface area contributed by atoms with Crippen molar-refractivity contribution in [2.24, 2.45) is 11.8 Å². The molecule has 12 heavy (non-hydrogen) atoms. The lowest BCUT2D eigenvalue weighted by Crippen LogP contribution is -2.15. The van der Waals surface area contributed by atoms with E-state index in [4.69, 9.17) is 0 Å². The Labute approximate surface area is 78.8 Å². The summed E-state index contributed by atoms with van der Waals surface area (Å²) in [5.74, 6) is 2.09. The van der Waals surface area contributed by atoms with Crippen LogP contribution in [0.3, 0.4) is 0 Å². The Morgan fingerprint density at radius 3 is 2.17 bits per heavy atom. The maximum absolute atomic E-state index is 2.43. The van der Waals surface area contributed by atoms with Crippen molar-refractivity contribution < 1.29 is 0 Å². The first kappa shape index (κ1) is 12.0. The standard InChI is InChI=1S/C10H20.C2H6/c1-3-6-10-8-5-4-7-9(10)2;1-2/h9-10H,3-8H2,1-2H3;1-2H3/t9?,10-;/m0./s1. The van der Waals surface area contributed by atoms with Crippen molar-refractivity contribution in [3.63, 3.8) is 0 Å². The van der Waals surface area contributed by atoms with Crippen LogP contribution < -0.4 is 0 Å². The summed E-state index contributed by atoms with van der Waals surface area (Å²) in [6.07, 6.45) is 8.84. The molecular formula is C12H26. The third-order valence-electron chi connectivity index (χ3n) is 2.95. The fourth-order valence-electron chi connectivity index (χ4n) is 2.19. The van der Waals surface area contributed by atoms with Crippen LogP contribution in [0.1, 0.15) is 66.2 Å². The summed E-state index contributed by atoms with van der Waals surface area (Å²) in [7, 11) is 0. The molecule has 0 saturated heterocycles. The predicted octanol–water partition coefficient (Wildman–Crippen LogP) is 4.64. The molecule has 74 valence electrons. The van der Waals surface area contributed by atoms with Crippen LogP contribution in [-0.4, -0.2) is 0 Å². The smallest absolute Gasteiger partial charge is 0.0389 e. The quantitative estimate of drug-likeness (QED) is 0.566. The van der Waals surface area contributed by atoms with Gasteiger partial charge in [-0.15, -0.1) is 0 Å². The van der Waals surface area contributed by atoms with E-state index in [1.54, 1.807) is 0 Å². The molecule has 0 bridgehead atoms. The second kappa shape index (κ2) is 7.64. The van der Waals surface area contributed by atoms with Crippen LogP contribution in [0.5, 0.6) is 0 Å². The third-order valence-corrected chi connectivity index (χ3v) is 2.95. The van der Waals surface area contributed by atoms with Crippen LogP contribution in [0.25, 0.3) is 0 Å². The summed E-state index contributed by atoms with van der Waals surface area (Å²) < 4.78 is 0. The molecular weight excluding hydrogens is 144 g/mol. The van der Waals surface area contributed by atoms with Gasteiger partial charge in [0.2, 0.25) is 0 Å². The normalized spacial score (nSPS) is 29.0. The van der Waals surface area contributed by atoms with E-state index in [2.05, 4.69) is 13.8 Å². The number of hydrogen-bond donors (Lipinski definition) is 0. The summed E-state index contributed by atoms with van der Waals surface area (Å²) >= 11 is 0. The summed E-state index contributed by atoms with van der Waals surface area (Å²) in [5.41, 5.74) is 0. The molecule has 0 aromatic rings. The van der Waals surface area contributed by atoms with E-state index < -0.39 is 0 Å². The van der Waals surface area contributed by atoms with Crippen LogP contribution in [-0.2, 0) is 0 Å². The summed E-state index contributed by atoms with van der Waals surface area (Å²) in [6, 6.07) is 0. The van der Waals surface area contributed by atoms with Gasteiger partial charge in [-0.05, 0) is 11.8 Å². The van der Waals surface area contributed by atoms with Crippen molar-refractivity contribution in [1.29, 1.82) is 0 Å². The lowest BCUT2D eigenvalue weighted by Gasteiger charge is -2.28. The van der Waals surface area contributed by atoms with Crippen molar-refractivity contribution in [3.8, 4) is 0 Å². The van der Waals surface area contributed by atoms with E-state index in [0.29, 0.717) is 0 Å². The fraction of sp³-hybridized carbons (Fsp3) is 1.00. The predicted molar refractivity (Wildman–Crippen MR) is 57.4 cm³/mol. The SMILES string of the molecule is CC.CCC[C@H]1CCCCC1C. The molecule has 0 aromatic heterocycles. The molecule has 0 radical (unpaired) electrons. The van der Waals surface area contributed by atoms with Gasteiger partial charge in [0.1, 0.15) is 0 Å². The van der Waals surface area contributed by atoms with E-state index >= 15 is 0 Å². The van der Waals surface area contributed by atoms with Crippen LogP contribution in [0.15, 0.2) is 0 Å². The maximum Gasteiger partial charge on any atom is -0.0389 e. The zero-order valence-corrected chi connectivity index (χ0v) is 9.40. The van der Waals surface area contributed by atoms with Gasteiger partial charge in [-0.3, -0.25) is 0 Å². The van der Waals surface area contributed by atoms with Crippen molar-refractivity contribution >= 4 is 0 Å². The summed E-state index contributed by atoms with van der Waals surface area (Å²) in [5, 5.41) is 0. The monoisotopic (exact) mass is 170 g/mol. The Morgan fingerprint density at radius 1 is 1.08 bits per heavy atom. The minimum Gasteiger partial charge on any atom is -0.0683 e. The average Bonchev–Trinajstić information content (AvgIpc) is 2.13. The maximum atomic E-state index is 2.43. The first-order valence-corrected chi connectivity index (χ1v) is 5.84. The largest absolute Gasteiger partial charge is 0.0683 e. The molecule has 0 amide bonds. The highest BCUT2D eigenvalue weighted by Gasteiger charge is 2.19. The highest BCUT2D eigenvalue weighted by Crippen LogP contribution is 2.32. The summed E-state index contributed by atoms with van der Waals surface area (Å²) in [6.45, 7) is 8.74. The van der Waals surface area contributed by atoms with Gasteiger partial charge in [-0.1, -0.05) is 66.2 Å². The Hall–Kier alpha value is 0. The van der Waals surface area contributed by atoms with Gasteiger partial charge >= 0.3 is 0 Å². The van der Waals surface area contributed by atoms with E-state index in [1.807, 2.05) is 13.8 Å². The molecule has 0 N–H and O–H groups in total. The van der Waals surface area contributed by atoms with E-state index in [-0.39, 0.29) is 0 Å². The first-order chi connectivity index (χ1) is 5.84. The van der Waals surface area contributed by atoms with Gasteiger partial charge in [0.15, 0.2) is 0 Å². The van der Waals surface area contributed by atoms with Gasteiger partial charge in [0, 0.05) is 0 Å². The molecule has 0 aromatic carbocycles. The average molecular weight is 170 g/mol. The third kappa shape index (κ3) is 4.13. The van der Waals surface area contributed by atoms with Gasteiger partial charge in [0.25, 0.3) is 0 Å². The lowest BCUT2D eigenvalue weighted by atomic mass is 9.78. The van der Waals surface area contributed by atoms with Crippen LogP contribution in [0, 0.1) is 11.8 Å². The van der Waals surface area contributed by atoms with E-state index in [9.17, 15) is 0 Å². The molecule has 0 spiro atoms. The van der Waals surface area contributed by atoms with Crippen LogP contribution >= 0.6 is 0 Å². The zero-order valence-electron chi connectivity index (χ0n) is 9.40. The summed E-state index contributed by atoms with van der Waals surface area (Å²) in [4.78, 5) is 0. The molecule has 1 aliphatic carbocycles. The molecule has 1 saturated carbocycles. The Balaban J connectivity index is 0.000000561. The molecule has 1 unspecified atom stereocenters. The van der Waals surface area contributed by atoms with Crippen LogP contribution in [0.2, 0.25) is 0 Å². The Morgan fingerprint density at radius 2 is 1.67 bits per heavy atom. The highest BCUT2D eigenvalue weighted by molar-refractivity contribution is 4.71. The lowest BCUT2D eigenvalue weighted by molar-refractivity contribution is 0.240. The molecule has 1 rings (SSSR count). The minimum atomic E-state index is 1.02. The van der Waals surface area contributed by atoms with Crippen LogP contribution in [0.4, 0.5) is 0 Å². The number of rotatable bonds is 2. The van der Waals surface area contributed by atoms with E-state index in [0.717, 1.165) is 11.8 Å². The molecule has 0 heteroatoms. The molecule has 1 fully saturated rings.